The van der Waals surface area contributed by atoms with Crippen LogP contribution in [-0.2, 0) is 6.42 Å². The molecule has 3 N–H and O–H groups in total. The molecular weight excluding hydrogens is 242 g/mol. The van der Waals surface area contributed by atoms with E-state index in [1.807, 2.05) is 29.8 Å². The number of halogens is 1. The maximum atomic E-state index is 6.08. The van der Waals surface area contributed by atoms with Crippen LogP contribution >= 0.6 is 22.9 Å². The molecule has 16 heavy (non-hydrogen) atoms. The number of aromatic nitrogens is 1. The number of hydrogen-bond acceptors (Lipinski definition) is 4. The van der Waals surface area contributed by atoms with Gasteiger partial charge in [0, 0.05) is 17.3 Å². The lowest BCUT2D eigenvalue weighted by Gasteiger charge is -2.14. The van der Waals surface area contributed by atoms with Crippen molar-refractivity contribution in [2.75, 3.05) is 0 Å². The van der Waals surface area contributed by atoms with Crippen LogP contribution in [0.15, 0.2) is 36.0 Å². The maximum Gasteiger partial charge on any atom is 0.0609 e. The minimum absolute atomic E-state index is 0.0386. The molecule has 0 fully saturated rings. The van der Waals surface area contributed by atoms with Crippen molar-refractivity contribution in [3.8, 4) is 0 Å². The van der Waals surface area contributed by atoms with E-state index in [0.29, 0.717) is 0 Å². The average Bonchev–Trinajstić information content (AvgIpc) is 2.74. The summed E-state index contributed by atoms with van der Waals surface area (Å²) in [7, 11) is 0. The van der Waals surface area contributed by atoms with Crippen molar-refractivity contribution in [1.29, 1.82) is 0 Å². The Morgan fingerprint density at radius 2 is 2.38 bits per heavy atom. The van der Waals surface area contributed by atoms with Crippen LogP contribution in [0.3, 0.4) is 0 Å². The standard InChI is InChI=1S/C11H12ClN3S/c12-9-3-5-16-11(9)10(15-13)6-8-2-1-4-14-7-8/h1-5,7,10,15H,6,13H2. The van der Waals surface area contributed by atoms with Crippen LogP contribution < -0.4 is 11.3 Å². The summed E-state index contributed by atoms with van der Waals surface area (Å²) in [6.07, 6.45) is 4.38. The van der Waals surface area contributed by atoms with E-state index in [4.69, 9.17) is 17.4 Å². The van der Waals surface area contributed by atoms with Crippen LogP contribution in [0.5, 0.6) is 0 Å². The van der Waals surface area contributed by atoms with Crippen molar-refractivity contribution in [1.82, 2.24) is 10.4 Å². The van der Waals surface area contributed by atoms with Gasteiger partial charge >= 0.3 is 0 Å². The zero-order valence-corrected chi connectivity index (χ0v) is 10.1. The van der Waals surface area contributed by atoms with E-state index in [-0.39, 0.29) is 6.04 Å². The Hall–Kier alpha value is -0.940. The average molecular weight is 254 g/mol. The highest BCUT2D eigenvalue weighted by Gasteiger charge is 2.15. The van der Waals surface area contributed by atoms with Gasteiger partial charge in [-0.25, -0.2) is 0 Å². The van der Waals surface area contributed by atoms with E-state index in [9.17, 15) is 0 Å². The number of nitrogens with two attached hydrogens (primary N) is 1. The van der Waals surface area contributed by atoms with Gasteiger partial charge in [0.15, 0.2) is 0 Å². The van der Waals surface area contributed by atoms with Gasteiger partial charge in [0.25, 0.3) is 0 Å². The Labute approximate surface area is 103 Å². The third kappa shape index (κ3) is 2.59. The highest BCUT2D eigenvalue weighted by molar-refractivity contribution is 7.10. The molecule has 2 rings (SSSR count). The van der Waals surface area contributed by atoms with Gasteiger partial charge in [-0.2, -0.15) is 0 Å². The molecule has 0 radical (unpaired) electrons. The van der Waals surface area contributed by atoms with Gasteiger partial charge in [-0.15, -0.1) is 11.3 Å². The van der Waals surface area contributed by atoms with Crippen molar-refractivity contribution in [3.05, 3.63) is 51.4 Å². The molecule has 84 valence electrons. The molecule has 1 atom stereocenters. The summed E-state index contributed by atoms with van der Waals surface area (Å²) in [6, 6.07) is 5.86. The number of pyridine rings is 1. The third-order valence-corrected chi connectivity index (χ3v) is 3.80. The van der Waals surface area contributed by atoms with Crippen LogP contribution in [0, 0.1) is 0 Å². The van der Waals surface area contributed by atoms with Gasteiger partial charge in [0.2, 0.25) is 0 Å². The molecule has 0 saturated carbocycles. The molecule has 0 aliphatic rings. The van der Waals surface area contributed by atoms with Crippen molar-refractivity contribution >= 4 is 22.9 Å². The van der Waals surface area contributed by atoms with Crippen LogP contribution in [-0.4, -0.2) is 4.98 Å². The summed E-state index contributed by atoms with van der Waals surface area (Å²) in [5.41, 5.74) is 3.93. The lowest BCUT2D eigenvalue weighted by atomic mass is 10.1. The zero-order valence-electron chi connectivity index (χ0n) is 8.56. The molecule has 0 bridgehead atoms. The second-order valence-electron chi connectivity index (χ2n) is 3.42. The van der Waals surface area contributed by atoms with Crippen LogP contribution in [0.25, 0.3) is 0 Å². The van der Waals surface area contributed by atoms with Crippen molar-refractivity contribution < 1.29 is 0 Å². The number of hydrazine groups is 1. The molecule has 0 aliphatic carbocycles. The predicted octanol–water partition coefficient (Wildman–Crippen LogP) is 2.54. The molecular formula is C11H12ClN3S. The van der Waals surface area contributed by atoms with Gasteiger partial charge in [-0.1, -0.05) is 17.7 Å². The highest BCUT2D eigenvalue weighted by atomic mass is 35.5. The molecule has 2 heterocycles. The predicted molar refractivity (Wildman–Crippen MR) is 67.3 cm³/mol. The summed E-state index contributed by atoms with van der Waals surface area (Å²) in [5.74, 6) is 5.56. The van der Waals surface area contributed by atoms with Crippen LogP contribution in [0.4, 0.5) is 0 Å². The Bertz CT molecular complexity index is 444. The van der Waals surface area contributed by atoms with Gasteiger partial charge in [-0.3, -0.25) is 16.3 Å². The Morgan fingerprint density at radius 3 is 2.94 bits per heavy atom. The SMILES string of the molecule is NNC(Cc1cccnc1)c1sccc1Cl. The van der Waals surface area contributed by atoms with E-state index < -0.39 is 0 Å². The van der Waals surface area contributed by atoms with Gasteiger partial charge < -0.3 is 0 Å². The quantitative estimate of drug-likeness (QED) is 0.650. The first-order valence-corrected chi connectivity index (χ1v) is 6.15. The number of nitrogens with one attached hydrogen (secondary N) is 1. The molecule has 0 saturated heterocycles. The number of rotatable bonds is 4. The normalized spacial score (nSPS) is 12.6. The zero-order chi connectivity index (χ0) is 11.4. The number of nitrogens with zero attached hydrogens (tertiary/aromatic N) is 1. The van der Waals surface area contributed by atoms with Crippen LogP contribution in [0.2, 0.25) is 5.02 Å². The van der Waals surface area contributed by atoms with Gasteiger partial charge in [0.05, 0.1) is 11.1 Å². The molecule has 3 nitrogen and oxygen atoms in total. The largest absolute Gasteiger partial charge is 0.271 e. The van der Waals surface area contributed by atoms with E-state index in [1.165, 1.54) is 0 Å². The fraction of sp³-hybridized carbons (Fsp3) is 0.182. The molecule has 1 unspecified atom stereocenters. The molecule has 2 aromatic rings. The summed E-state index contributed by atoms with van der Waals surface area (Å²) in [6.45, 7) is 0. The van der Waals surface area contributed by atoms with Crippen molar-refractivity contribution in [2.24, 2.45) is 5.84 Å². The maximum absolute atomic E-state index is 6.08. The minimum Gasteiger partial charge on any atom is -0.271 e. The Balaban J connectivity index is 2.16. The topological polar surface area (TPSA) is 50.9 Å². The molecule has 0 amide bonds. The first-order chi connectivity index (χ1) is 7.81. The summed E-state index contributed by atoms with van der Waals surface area (Å²) >= 11 is 7.69. The lowest BCUT2D eigenvalue weighted by Crippen LogP contribution is -2.29. The smallest absolute Gasteiger partial charge is 0.0609 e. The molecule has 0 aliphatic heterocycles. The van der Waals surface area contributed by atoms with E-state index in [2.05, 4.69) is 10.4 Å². The Kier molecular flexibility index (Phi) is 3.90. The van der Waals surface area contributed by atoms with Gasteiger partial charge in [-0.05, 0) is 29.5 Å². The summed E-state index contributed by atoms with van der Waals surface area (Å²) in [4.78, 5) is 5.14. The third-order valence-electron chi connectivity index (χ3n) is 2.33. The fourth-order valence-electron chi connectivity index (χ4n) is 1.54. The molecule has 2 aromatic heterocycles. The van der Waals surface area contributed by atoms with E-state index >= 15 is 0 Å². The molecule has 0 aromatic carbocycles. The second-order valence-corrected chi connectivity index (χ2v) is 4.77. The van der Waals surface area contributed by atoms with Crippen molar-refractivity contribution in [3.63, 3.8) is 0 Å². The minimum atomic E-state index is 0.0386. The summed E-state index contributed by atoms with van der Waals surface area (Å²) in [5, 5.41) is 2.72. The van der Waals surface area contributed by atoms with Crippen LogP contribution in [0.1, 0.15) is 16.5 Å². The number of thiophene rings is 1. The lowest BCUT2D eigenvalue weighted by molar-refractivity contribution is 0.560. The van der Waals surface area contributed by atoms with Gasteiger partial charge in [0.1, 0.15) is 0 Å². The highest BCUT2D eigenvalue weighted by Crippen LogP contribution is 2.30. The number of hydrogen-bond donors (Lipinski definition) is 2. The Morgan fingerprint density at radius 1 is 1.50 bits per heavy atom. The first-order valence-electron chi connectivity index (χ1n) is 4.89. The monoisotopic (exact) mass is 253 g/mol. The molecule has 5 heteroatoms. The van der Waals surface area contributed by atoms with E-state index in [0.717, 1.165) is 21.9 Å². The second kappa shape index (κ2) is 5.41. The fourth-order valence-corrected chi connectivity index (χ4v) is 2.79. The van der Waals surface area contributed by atoms with E-state index in [1.54, 1.807) is 17.5 Å². The first kappa shape index (κ1) is 11.5. The van der Waals surface area contributed by atoms with Crippen molar-refractivity contribution in [2.45, 2.75) is 12.5 Å². The molecule has 0 spiro atoms. The summed E-state index contributed by atoms with van der Waals surface area (Å²) < 4.78 is 0.